The van der Waals surface area contributed by atoms with Crippen LogP contribution in [-0.2, 0) is 22.4 Å². The van der Waals surface area contributed by atoms with Gasteiger partial charge in [0.1, 0.15) is 11.5 Å². The van der Waals surface area contributed by atoms with Crippen molar-refractivity contribution in [1.29, 1.82) is 0 Å². The van der Waals surface area contributed by atoms with Gasteiger partial charge in [-0.15, -0.1) is 0 Å². The predicted octanol–water partition coefficient (Wildman–Crippen LogP) is 4.30. The van der Waals surface area contributed by atoms with Crippen LogP contribution in [0.25, 0.3) is 5.69 Å². The number of ether oxygens (including phenoxy) is 1. The first-order valence-corrected chi connectivity index (χ1v) is 11.5. The van der Waals surface area contributed by atoms with E-state index in [1.165, 1.54) is 24.3 Å². The third-order valence-corrected chi connectivity index (χ3v) is 6.09. The first-order valence-electron chi connectivity index (χ1n) is 11.5. The lowest BCUT2D eigenvalue weighted by molar-refractivity contribution is -0.121. The van der Waals surface area contributed by atoms with E-state index >= 15 is 0 Å². The smallest absolute Gasteiger partial charge is 0.363 e. The van der Waals surface area contributed by atoms with Gasteiger partial charge in [0.15, 0.2) is 6.61 Å². The summed E-state index contributed by atoms with van der Waals surface area (Å²) in [6.07, 6.45) is 1.53. The second-order valence-electron chi connectivity index (χ2n) is 8.42. The number of hydrogen-bond donors (Lipinski definition) is 0. The quantitative estimate of drug-likeness (QED) is 0.405. The minimum atomic E-state index is -1.06. The van der Waals surface area contributed by atoms with Crippen molar-refractivity contribution in [2.45, 2.75) is 19.8 Å². The van der Waals surface area contributed by atoms with Crippen LogP contribution in [0.1, 0.15) is 27.3 Å². The maximum Gasteiger partial charge on any atom is 0.363 e. The van der Waals surface area contributed by atoms with E-state index in [2.05, 4.69) is 5.10 Å². The number of para-hydroxylation sites is 3. The van der Waals surface area contributed by atoms with Gasteiger partial charge in [-0.25, -0.2) is 13.9 Å². The normalized spacial score (nSPS) is 12.3. The summed E-state index contributed by atoms with van der Waals surface area (Å²) in [6.45, 7) is 0.976. The molecule has 0 unspecified atom stereocenters. The molecule has 36 heavy (non-hydrogen) atoms. The van der Waals surface area contributed by atoms with Crippen molar-refractivity contribution in [2.24, 2.45) is 0 Å². The molecule has 0 fully saturated rings. The summed E-state index contributed by atoms with van der Waals surface area (Å²) in [7, 11) is 0. The standard InChI is InChI=1S/C28H22FN3O4/c1-18-16-25(33)27(30-32(18)24-13-7-4-10-21(24)29)28(35)36-17-26(34)31-22-11-5-2-8-19(22)14-15-20-9-3-6-12-23(20)31/h2-13,16H,14-15,17H2,1H3. The molecule has 7 nitrogen and oxygen atoms in total. The number of aryl methyl sites for hydroxylation is 3. The Hall–Kier alpha value is -4.59. The molecular formula is C28H22FN3O4. The summed E-state index contributed by atoms with van der Waals surface area (Å²) in [5, 5.41) is 4.04. The highest BCUT2D eigenvalue weighted by Gasteiger charge is 2.27. The molecule has 0 aliphatic carbocycles. The van der Waals surface area contributed by atoms with E-state index < -0.39 is 35.4 Å². The van der Waals surface area contributed by atoms with Gasteiger partial charge in [-0.2, -0.15) is 5.10 Å². The van der Waals surface area contributed by atoms with Crippen molar-refractivity contribution in [3.8, 4) is 5.69 Å². The van der Waals surface area contributed by atoms with E-state index in [0.29, 0.717) is 5.69 Å². The van der Waals surface area contributed by atoms with E-state index in [0.717, 1.165) is 40.0 Å². The Morgan fingerprint density at radius 2 is 1.44 bits per heavy atom. The molecule has 5 rings (SSSR count). The number of aromatic nitrogens is 2. The minimum absolute atomic E-state index is 0.0814. The monoisotopic (exact) mass is 483 g/mol. The number of carbonyl (C=O) groups is 2. The Labute approximate surface area is 206 Å². The van der Waals surface area contributed by atoms with Gasteiger partial charge in [-0.3, -0.25) is 14.5 Å². The maximum atomic E-state index is 14.3. The largest absolute Gasteiger partial charge is 0.451 e. The molecule has 0 saturated carbocycles. The van der Waals surface area contributed by atoms with Crippen molar-refractivity contribution in [3.05, 3.63) is 117 Å². The molecule has 0 N–H and O–H groups in total. The van der Waals surface area contributed by atoms with Crippen molar-refractivity contribution in [2.75, 3.05) is 11.5 Å². The third kappa shape index (κ3) is 4.29. The van der Waals surface area contributed by atoms with E-state index in [1.54, 1.807) is 17.9 Å². The Balaban J connectivity index is 1.43. The first-order chi connectivity index (χ1) is 17.4. The molecule has 180 valence electrons. The summed E-state index contributed by atoms with van der Waals surface area (Å²) >= 11 is 0. The number of carbonyl (C=O) groups excluding carboxylic acids is 2. The van der Waals surface area contributed by atoms with Gasteiger partial charge < -0.3 is 4.74 Å². The highest BCUT2D eigenvalue weighted by atomic mass is 19.1. The average molecular weight is 483 g/mol. The summed E-state index contributed by atoms with van der Waals surface area (Å²) in [6, 6.07) is 22.2. The van der Waals surface area contributed by atoms with Gasteiger partial charge in [0.05, 0.1) is 11.4 Å². The van der Waals surface area contributed by atoms with Crippen LogP contribution in [-0.4, -0.2) is 28.3 Å². The molecule has 2 heterocycles. The fourth-order valence-electron chi connectivity index (χ4n) is 4.36. The topological polar surface area (TPSA) is 81.5 Å². The molecule has 8 heteroatoms. The zero-order chi connectivity index (χ0) is 25.2. The molecule has 0 bridgehead atoms. The van der Waals surface area contributed by atoms with E-state index in [4.69, 9.17) is 4.74 Å². The van der Waals surface area contributed by atoms with Crippen molar-refractivity contribution in [1.82, 2.24) is 9.78 Å². The molecule has 3 aromatic carbocycles. The molecule has 1 aromatic heterocycles. The summed E-state index contributed by atoms with van der Waals surface area (Å²) < 4.78 is 20.7. The third-order valence-electron chi connectivity index (χ3n) is 6.09. The number of rotatable bonds is 4. The lowest BCUT2D eigenvalue weighted by atomic mass is 10.0. The van der Waals surface area contributed by atoms with Crippen molar-refractivity contribution >= 4 is 23.3 Å². The van der Waals surface area contributed by atoms with Crippen LogP contribution in [0.4, 0.5) is 15.8 Å². The molecule has 4 aromatic rings. The molecule has 1 aliphatic rings. The lowest BCUT2D eigenvalue weighted by Crippen LogP contribution is -2.33. The lowest BCUT2D eigenvalue weighted by Gasteiger charge is -2.24. The minimum Gasteiger partial charge on any atom is -0.451 e. The molecule has 0 saturated heterocycles. The number of esters is 1. The van der Waals surface area contributed by atoms with E-state index in [1.807, 2.05) is 48.5 Å². The number of nitrogens with zero attached hydrogens (tertiary/aromatic N) is 3. The summed E-state index contributed by atoms with van der Waals surface area (Å²) in [5.41, 5.74) is 2.66. The van der Waals surface area contributed by atoms with Crippen LogP contribution in [0.3, 0.4) is 0 Å². The predicted molar refractivity (Wildman–Crippen MR) is 132 cm³/mol. The van der Waals surface area contributed by atoms with Crippen molar-refractivity contribution < 1.29 is 18.7 Å². The van der Waals surface area contributed by atoms with Crippen LogP contribution in [0, 0.1) is 12.7 Å². The van der Waals surface area contributed by atoms with Gasteiger partial charge >= 0.3 is 5.97 Å². The number of benzene rings is 3. The molecule has 0 spiro atoms. The van der Waals surface area contributed by atoms with Crippen LogP contribution in [0.2, 0.25) is 0 Å². The average Bonchev–Trinajstić information content (AvgIpc) is 3.05. The highest BCUT2D eigenvalue weighted by molar-refractivity contribution is 6.04. The fraction of sp³-hybridized carbons (Fsp3) is 0.143. The molecule has 0 radical (unpaired) electrons. The summed E-state index contributed by atoms with van der Waals surface area (Å²) in [5.74, 6) is -2.09. The number of hydrogen-bond acceptors (Lipinski definition) is 5. The molecule has 1 aliphatic heterocycles. The Morgan fingerprint density at radius 1 is 0.889 bits per heavy atom. The van der Waals surface area contributed by atoms with Gasteiger partial charge in [-0.1, -0.05) is 48.5 Å². The molecule has 1 amide bonds. The van der Waals surface area contributed by atoms with Gasteiger partial charge in [0.2, 0.25) is 11.1 Å². The second kappa shape index (κ2) is 9.58. The van der Waals surface area contributed by atoms with E-state index in [-0.39, 0.29) is 5.69 Å². The maximum absolute atomic E-state index is 14.3. The number of fused-ring (bicyclic) bond motifs is 2. The Morgan fingerprint density at radius 3 is 2.06 bits per heavy atom. The number of halogens is 1. The van der Waals surface area contributed by atoms with Gasteiger partial charge in [0, 0.05) is 11.8 Å². The highest BCUT2D eigenvalue weighted by Crippen LogP contribution is 2.36. The van der Waals surface area contributed by atoms with Crippen LogP contribution in [0.5, 0.6) is 0 Å². The SMILES string of the molecule is Cc1cc(=O)c(C(=O)OCC(=O)N2c3ccccc3CCc3ccccc32)nn1-c1ccccc1F. The van der Waals surface area contributed by atoms with Gasteiger partial charge in [0.25, 0.3) is 5.91 Å². The first kappa shape index (κ1) is 23.2. The van der Waals surface area contributed by atoms with Gasteiger partial charge in [-0.05, 0) is 55.2 Å². The van der Waals surface area contributed by atoms with Crippen molar-refractivity contribution in [3.63, 3.8) is 0 Å². The molecule has 0 atom stereocenters. The zero-order valence-electron chi connectivity index (χ0n) is 19.5. The number of anilines is 2. The number of amides is 1. The Bertz CT molecular complexity index is 1500. The molecular weight excluding hydrogens is 461 g/mol. The van der Waals surface area contributed by atoms with Crippen LogP contribution in [0.15, 0.2) is 83.7 Å². The Kier molecular flexibility index (Phi) is 6.16. The fourth-order valence-corrected chi connectivity index (χ4v) is 4.36. The van der Waals surface area contributed by atoms with E-state index in [9.17, 15) is 18.8 Å². The summed E-state index contributed by atoms with van der Waals surface area (Å²) in [4.78, 5) is 40.3. The second-order valence-corrected chi connectivity index (χ2v) is 8.42. The van der Waals surface area contributed by atoms with Crippen LogP contribution < -0.4 is 10.3 Å². The zero-order valence-corrected chi connectivity index (χ0v) is 19.5. The van der Waals surface area contributed by atoms with Crippen LogP contribution >= 0.6 is 0 Å².